The van der Waals surface area contributed by atoms with E-state index in [2.05, 4.69) is 27.1 Å². The highest BCUT2D eigenvalue weighted by Gasteiger charge is 2.23. The molecule has 0 radical (unpaired) electrons. The summed E-state index contributed by atoms with van der Waals surface area (Å²) in [4.78, 5) is 41.3. The summed E-state index contributed by atoms with van der Waals surface area (Å²) in [6.07, 6.45) is 0.859. The molecule has 2 amide bonds. The molecule has 0 N–H and O–H groups in total. The normalized spacial score (nSPS) is 11.2. The van der Waals surface area contributed by atoms with Gasteiger partial charge in [0.2, 0.25) is 0 Å². The summed E-state index contributed by atoms with van der Waals surface area (Å²) in [6, 6.07) is 25.6. The first-order valence-electron chi connectivity index (χ1n) is 14.5. The van der Waals surface area contributed by atoms with Crippen molar-refractivity contribution in [2.45, 2.75) is 38.2 Å². The molecule has 5 rings (SSSR count). The zero-order valence-electron chi connectivity index (χ0n) is 27.1. The molecule has 48 heavy (non-hydrogen) atoms. The zero-order chi connectivity index (χ0) is 35.1. The number of aryl methyl sites for hydroxylation is 1. The van der Waals surface area contributed by atoms with E-state index in [-0.39, 0.29) is 32.0 Å². The Bertz CT molecular complexity index is 1960. The predicted molar refractivity (Wildman–Crippen MR) is 180 cm³/mol. The van der Waals surface area contributed by atoms with Gasteiger partial charge in [-0.25, -0.2) is 28.2 Å². The van der Waals surface area contributed by atoms with Gasteiger partial charge < -0.3 is 9.29 Å². The minimum Gasteiger partial charge on any atom is -0.744 e. The first-order chi connectivity index (χ1) is 22.6. The number of carbonyl (C=O) groups is 2. The van der Waals surface area contributed by atoms with Gasteiger partial charge in [-0.3, -0.25) is 14.6 Å². The number of anilines is 2. The quantitative estimate of drug-likeness (QED) is 0.179. The lowest BCUT2D eigenvalue weighted by atomic mass is 10.2. The van der Waals surface area contributed by atoms with Crippen LogP contribution in [0.3, 0.4) is 0 Å². The van der Waals surface area contributed by atoms with Crippen molar-refractivity contribution in [3.8, 4) is 11.4 Å². The van der Waals surface area contributed by atoms with Crippen molar-refractivity contribution in [3.05, 3.63) is 115 Å². The van der Waals surface area contributed by atoms with Crippen molar-refractivity contribution >= 4 is 44.4 Å². The van der Waals surface area contributed by atoms with Crippen LogP contribution in [0.5, 0.6) is 0 Å². The largest absolute Gasteiger partial charge is 0.744 e. The van der Waals surface area contributed by atoms with Gasteiger partial charge in [0, 0.05) is 31.1 Å². The Labute approximate surface area is 294 Å². The number of halogens is 1. The Morgan fingerprint density at radius 1 is 0.854 bits per heavy atom. The van der Waals surface area contributed by atoms with Gasteiger partial charge in [0.05, 0.1) is 10.6 Å². The lowest BCUT2D eigenvalue weighted by Gasteiger charge is -2.24. The molecule has 5 aromatic rings. The molecule has 0 bridgehead atoms. The summed E-state index contributed by atoms with van der Waals surface area (Å²) < 4.78 is 39.2. The highest BCUT2D eigenvalue weighted by molar-refractivity contribution is 7.85. The number of hydrogen-bond donors (Lipinski definition) is 0. The maximum absolute atomic E-state index is 13.1. The predicted octanol–water partition coefficient (Wildman–Crippen LogP) is 3.28. The zero-order valence-corrected chi connectivity index (χ0v) is 30.9. The summed E-state index contributed by atoms with van der Waals surface area (Å²) >= 11 is 1.06. The van der Waals surface area contributed by atoms with Crippen LogP contribution in [0, 0.1) is 14.1 Å². The van der Waals surface area contributed by atoms with E-state index in [1.54, 1.807) is 53.1 Å². The minimum atomic E-state index is -4.27. The van der Waals surface area contributed by atoms with Crippen LogP contribution in [0.4, 0.5) is 15.7 Å². The minimum absolute atomic E-state index is 0.140. The molecule has 0 aliphatic carbocycles. The van der Waals surface area contributed by atoms with Crippen LogP contribution in [0.2, 0.25) is 0 Å². The van der Waals surface area contributed by atoms with Gasteiger partial charge in [0.25, 0.3) is 5.91 Å². The number of thiazole rings is 1. The fraction of sp³-hybridized carbons (Fsp3) is 0.206. The van der Waals surface area contributed by atoms with E-state index in [0.717, 1.165) is 5.56 Å². The smallest absolute Gasteiger partial charge is 0.415 e. The molecule has 3 aromatic carbocycles. The molecule has 11 nitrogen and oxygen atoms in total. The Hall–Kier alpha value is -4.25. The van der Waals surface area contributed by atoms with Gasteiger partial charge in [0.15, 0.2) is 12.3 Å². The summed E-state index contributed by atoms with van der Waals surface area (Å²) in [5, 5.41) is 2.37. The first-order valence-corrected chi connectivity index (χ1v) is 18.9. The number of nitrogens with zero attached hydrogens (tertiary/aromatic N) is 5. The van der Waals surface area contributed by atoms with Crippen LogP contribution < -0.4 is 31.0 Å². The van der Waals surface area contributed by atoms with E-state index in [9.17, 15) is 22.6 Å². The van der Waals surface area contributed by atoms with Gasteiger partial charge in [-0.15, -0.1) is 11.3 Å². The van der Waals surface area contributed by atoms with Gasteiger partial charge in [-0.05, 0) is 76.2 Å². The molecule has 0 aliphatic rings. The molecule has 0 saturated carbocycles. The topological polar surface area (TPSA) is 146 Å². The molecule has 0 spiro atoms. The monoisotopic (exact) mass is 799 g/mol. The third kappa shape index (κ3) is 10.4. The Balaban J connectivity index is 0.000000401. The van der Waals surface area contributed by atoms with E-state index in [1.165, 1.54) is 46.7 Å². The second kappa shape index (κ2) is 15.8. The van der Waals surface area contributed by atoms with E-state index in [0.29, 0.717) is 27.9 Å². The Morgan fingerprint density at radius 3 is 2.08 bits per heavy atom. The molecule has 250 valence electrons. The summed E-state index contributed by atoms with van der Waals surface area (Å²) in [6.45, 7) is 7.23. The van der Waals surface area contributed by atoms with E-state index in [1.807, 2.05) is 54.8 Å². The molecular weight excluding hydrogens is 765 g/mol. The third-order valence-corrected chi connectivity index (χ3v) is 10.8. The van der Waals surface area contributed by atoms with E-state index < -0.39 is 21.8 Å². The number of amides is 2. The van der Waals surface area contributed by atoms with Gasteiger partial charge in [-0.2, -0.15) is 0 Å². The average molecular weight is 800 g/mol. The maximum Gasteiger partial charge on any atom is 0.415 e. The van der Waals surface area contributed by atoms with Gasteiger partial charge >= 0.3 is 27.3 Å². The fourth-order valence-electron chi connectivity index (χ4n) is 3.88. The lowest BCUT2D eigenvalue weighted by molar-refractivity contribution is -0.597. The van der Waals surface area contributed by atoms with Crippen molar-refractivity contribution in [2.75, 3.05) is 23.9 Å². The number of ether oxygens (including phenoxy) is 1. The van der Waals surface area contributed by atoms with Crippen LogP contribution >= 0.6 is 11.3 Å². The molecule has 14 heteroatoms. The third-order valence-electron chi connectivity index (χ3n) is 6.36. The van der Waals surface area contributed by atoms with E-state index in [4.69, 9.17) is 4.74 Å². The van der Waals surface area contributed by atoms with Gasteiger partial charge in [-0.1, -0.05) is 35.9 Å². The van der Waals surface area contributed by atoms with Crippen molar-refractivity contribution in [2.24, 2.45) is 0 Å². The summed E-state index contributed by atoms with van der Waals surface area (Å²) in [7, 11) is -0.974. The summed E-state index contributed by atoms with van der Waals surface area (Å²) in [5.74, 6) is 0.245. The standard InChI is InChI=1S/C27H27IN5O3S.C7H8O3S/c1-27(2,3)36-26(35)32(4)23-15-21(29-17-30-23)22-16-37-25(31-22)33(5)24(34)18-11-13-20(14-12-18)28-19-9-7-6-8-10-19;1-6-2-4-7(5-3-6)11(8,9)10/h6-17H,1-5H3;2-5H,1H3,(H,8,9,10)/q+1;/p-1. The lowest BCUT2D eigenvalue weighted by Crippen LogP contribution is -3.61. The number of benzene rings is 3. The SMILES string of the molecule is CN(C(=O)OC(C)(C)C)c1cc(-c2csc(N(C)C(=O)c3ccc([I+]c4ccccc4)cc3)n2)ncn1.Cc1ccc(S(=O)(=O)[O-])cc1. The van der Waals surface area contributed by atoms with Crippen LogP contribution in [0.25, 0.3) is 11.4 Å². The molecule has 2 heterocycles. The Kier molecular flexibility index (Phi) is 12.0. The fourth-order valence-corrected chi connectivity index (χ4v) is 7.34. The van der Waals surface area contributed by atoms with Crippen molar-refractivity contribution < 1.29 is 48.5 Å². The second-order valence-corrected chi connectivity index (χ2v) is 16.6. The molecule has 0 aliphatic heterocycles. The highest BCUT2D eigenvalue weighted by Crippen LogP contribution is 2.28. The van der Waals surface area contributed by atoms with Gasteiger partial charge in [0.1, 0.15) is 33.6 Å². The second-order valence-electron chi connectivity index (χ2n) is 11.3. The number of aromatic nitrogens is 3. The van der Waals surface area contributed by atoms with Crippen molar-refractivity contribution in [1.29, 1.82) is 0 Å². The molecule has 0 unspecified atom stereocenters. The van der Waals surface area contributed by atoms with Crippen LogP contribution in [0.15, 0.2) is 102 Å². The first kappa shape index (κ1) is 36.6. The van der Waals surface area contributed by atoms with Crippen LogP contribution in [-0.2, 0) is 14.9 Å². The molecular formula is C34H34IN5O6S2. The Morgan fingerprint density at radius 2 is 1.48 bits per heavy atom. The van der Waals surface area contributed by atoms with Crippen LogP contribution in [0.1, 0.15) is 36.7 Å². The number of rotatable bonds is 7. The van der Waals surface area contributed by atoms with Crippen molar-refractivity contribution in [3.63, 3.8) is 0 Å². The molecule has 2 aromatic heterocycles. The van der Waals surface area contributed by atoms with Crippen LogP contribution in [-0.4, -0.2) is 59.6 Å². The molecule has 0 atom stereocenters. The summed E-state index contributed by atoms with van der Waals surface area (Å²) in [5.41, 5.74) is 2.04. The molecule has 0 fully saturated rings. The number of hydrogen-bond acceptors (Lipinski definition) is 10. The van der Waals surface area contributed by atoms with E-state index >= 15 is 0 Å². The number of carbonyl (C=O) groups excluding carboxylic acids is 2. The molecule has 0 saturated heterocycles. The van der Waals surface area contributed by atoms with Crippen molar-refractivity contribution in [1.82, 2.24) is 15.0 Å². The maximum atomic E-state index is 13.1. The highest BCUT2D eigenvalue weighted by atomic mass is 127. The average Bonchev–Trinajstić information content (AvgIpc) is 3.55.